The number of para-hydroxylation sites is 1. The molecule has 9 nitrogen and oxygen atoms in total. The molecule has 0 aliphatic carbocycles. The fraction of sp³-hybridized carbons (Fsp3) is 0.522. The van der Waals surface area contributed by atoms with Gasteiger partial charge in [0, 0.05) is 49.9 Å². The minimum Gasteiger partial charge on any atom is -0.369 e. The number of amides is 1. The number of sulfone groups is 1. The first-order valence-electron chi connectivity index (χ1n) is 11.8. The third kappa shape index (κ3) is 5.69. The maximum absolute atomic E-state index is 11.8. The molecule has 0 atom stereocenters. The molecule has 0 unspecified atom stereocenters. The summed E-state index contributed by atoms with van der Waals surface area (Å²) in [6.07, 6.45) is 3.41. The first-order valence-corrected chi connectivity index (χ1v) is 14.8. The molecule has 12 heteroatoms. The van der Waals surface area contributed by atoms with E-state index in [-0.39, 0.29) is 17.4 Å². The number of carbonyl (C=O) groups is 1. The van der Waals surface area contributed by atoms with Gasteiger partial charge in [-0.3, -0.25) is 14.6 Å². The second-order valence-electron chi connectivity index (χ2n) is 9.46. The summed E-state index contributed by atoms with van der Waals surface area (Å²) in [5.74, 6) is 1.20. The smallest absolute Gasteiger partial charge is 0.231 e. The van der Waals surface area contributed by atoms with Gasteiger partial charge in [0.2, 0.25) is 5.91 Å². The van der Waals surface area contributed by atoms with Crippen LogP contribution < -0.4 is 5.73 Å². The normalized spacial score (nSPS) is 19.9. The molecule has 5 rings (SSSR count). The monoisotopic (exact) mass is 536 g/mol. The minimum atomic E-state index is -2.90. The fourth-order valence-electron chi connectivity index (χ4n) is 4.98. The number of benzene rings is 1. The fourth-order valence-corrected chi connectivity index (χ4v) is 7.55. The van der Waals surface area contributed by atoms with Crippen molar-refractivity contribution in [1.82, 2.24) is 23.7 Å². The molecule has 3 aromatic rings. The molecule has 0 saturated carbocycles. The Hall–Kier alpha value is -2.05. The van der Waals surface area contributed by atoms with Crippen molar-refractivity contribution in [2.75, 3.05) is 44.2 Å². The van der Waals surface area contributed by atoms with E-state index in [0.717, 1.165) is 60.7 Å². The second kappa shape index (κ2) is 10.1. The third-order valence-corrected chi connectivity index (χ3v) is 9.61. The maximum atomic E-state index is 11.8. The average molecular weight is 537 g/mol. The number of rotatable bonds is 7. The summed E-state index contributed by atoms with van der Waals surface area (Å²) in [4.78, 5) is 20.4. The molecule has 0 spiro atoms. The Morgan fingerprint density at radius 1 is 1.14 bits per heavy atom. The van der Waals surface area contributed by atoms with E-state index >= 15 is 0 Å². The van der Waals surface area contributed by atoms with Crippen LogP contribution in [0.1, 0.15) is 17.8 Å². The molecule has 0 radical (unpaired) electrons. The molecule has 35 heavy (non-hydrogen) atoms. The number of nitrogens with zero attached hydrogens (tertiary/aromatic N) is 5. The van der Waals surface area contributed by atoms with Gasteiger partial charge in [0.1, 0.15) is 14.8 Å². The van der Waals surface area contributed by atoms with Crippen molar-refractivity contribution >= 4 is 49.8 Å². The summed E-state index contributed by atoms with van der Waals surface area (Å²) in [5, 5.41) is 2.62. The van der Waals surface area contributed by atoms with Crippen LogP contribution in [0.15, 0.2) is 24.4 Å². The van der Waals surface area contributed by atoms with Crippen molar-refractivity contribution in [2.24, 2.45) is 11.7 Å². The van der Waals surface area contributed by atoms with E-state index in [2.05, 4.69) is 24.9 Å². The van der Waals surface area contributed by atoms with Gasteiger partial charge in [-0.05, 0) is 36.4 Å². The summed E-state index contributed by atoms with van der Waals surface area (Å²) < 4.78 is 30.5. The van der Waals surface area contributed by atoms with E-state index in [1.54, 1.807) is 0 Å². The lowest BCUT2D eigenvalue weighted by Crippen LogP contribution is -2.48. The molecular formula is C23H29ClN6O3S2. The molecule has 2 aromatic heterocycles. The number of carbonyl (C=O) groups excluding carboxylic acids is 1. The Kier molecular flexibility index (Phi) is 7.13. The van der Waals surface area contributed by atoms with Crippen LogP contribution in [-0.2, 0) is 27.7 Å². The Labute approximate surface area is 213 Å². The van der Waals surface area contributed by atoms with E-state index in [1.807, 2.05) is 18.2 Å². The minimum absolute atomic E-state index is 0.255. The zero-order chi connectivity index (χ0) is 24.6. The van der Waals surface area contributed by atoms with E-state index in [1.165, 1.54) is 11.5 Å². The van der Waals surface area contributed by atoms with Gasteiger partial charge >= 0.3 is 0 Å². The van der Waals surface area contributed by atoms with Crippen LogP contribution in [0, 0.1) is 5.92 Å². The Morgan fingerprint density at radius 3 is 2.57 bits per heavy atom. The maximum Gasteiger partial charge on any atom is 0.231 e. The standard InChI is InChI=1S/C23H29ClN6O3S2/c24-19-3-1-2-17-18(13-30(22(17)19)12-16-4-10-35(32,33)11-5-16)23-26-21(34-27-23)15-29-8-6-28(7-9-29)14-20(25)31/h1-3,13,16H,4-12,14-15H2,(H2,25,31). The van der Waals surface area contributed by atoms with E-state index < -0.39 is 9.84 Å². The molecular weight excluding hydrogens is 508 g/mol. The lowest BCUT2D eigenvalue weighted by molar-refractivity contribution is -0.119. The SMILES string of the molecule is NC(=O)CN1CCN(Cc2nc(-c3cn(CC4CCS(=O)(=O)CC4)c4c(Cl)cccc34)ns2)CC1. The summed E-state index contributed by atoms with van der Waals surface area (Å²) in [5.41, 5.74) is 7.20. The van der Waals surface area contributed by atoms with Gasteiger partial charge in [0.25, 0.3) is 0 Å². The molecule has 0 bridgehead atoms. The summed E-state index contributed by atoms with van der Waals surface area (Å²) in [7, 11) is -2.90. The first kappa shape index (κ1) is 24.6. The highest BCUT2D eigenvalue weighted by Crippen LogP contribution is 2.35. The predicted octanol–water partition coefficient (Wildman–Crippen LogP) is 2.24. The van der Waals surface area contributed by atoms with E-state index in [0.29, 0.717) is 36.2 Å². The van der Waals surface area contributed by atoms with Crippen LogP contribution in [0.4, 0.5) is 0 Å². The number of primary amides is 1. The summed E-state index contributed by atoms with van der Waals surface area (Å²) >= 11 is 8.02. The van der Waals surface area contributed by atoms with Gasteiger partial charge in [-0.1, -0.05) is 23.7 Å². The highest BCUT2D eigenvalue weighted by Gasteiger charge is 2.26. The number of halogens is 1. The number of fused-ring (bicyclic) bond motifs is 1. The van der Waals surface area contributed by atoms with Gasteiger partial charge in [0.15, 0.2) is 5.82 Å². The van der Waals surface area contributed by atoms with Crippen LogP contribution in [0.2, 0.25) is 5.02 Å². The zero-order valence-corrected chi connectivity index (χ0v) is 21.8. The van der Waals surface area contributed by atoms with Gasteiger partial charge in [0.05, 0.1) is 35.1 Å². The molecule has 2 aliphatic rings. The predicted molar refractivity (Wildman–Crippen MR) is 138 cm³/mol. The van der Waals surface area contributed by atoms with Crippen LogP contribution in [0.3, 0.4) is 0 Å². The molecule has 188 valence electrons. The van der Waals surface area contributed by atoms with Crippen LogP contribution >= 0.6 is 23.1 Å². The Morgan fingerprint density at radius 2 is 1.86 bits per heavy atom. The molecule has 4 heterocycles. The van der Waals surface area contributed by atoms with Crippen LogP contribution in [0.5, 0.6) is 0 Å². The molecule has 1 amide bonds. The highest BCUT2D eigenvalue weighted by atomic mass is 35.5. The highest BCUT2D eigenvalue weighted by molar-refractivity contribution is 7.91. The lowest BCUT2D eigenvalue weighted by atomic mass is 10.0. The number of nitrogens with two attached hydrogens (primary N) is 1. The molecule has 1 aromatic carbocycles. The Bertz CT molecular complexity index is 1320. The number of hydrogen-bond donors (Lipinski definition) is 1. The third-order valence-electron chi connectivity index (χ3n) is 6.89. The second-order valence-corrected chi connectivity index (χ2v) is 13.0. The average Bonchev–Trinajstić information content (AvgIpc) is 3.41. The molecule has 2 saturated heterocycles. The summed E-state index contributed by atoms with van der Waals surface area (Å²) in [6.45, 7) is 5.08. The zero-order valence-electron chi connectivity index (χ0n) is 19.4. The van der Waals surface area contributed by atoms with E-state index in [9.17, 15) is 13.2 Å². The van der Waals surface area contributed by atoms with Crippen molar-refractivity contribution in [1.29, 1.82) is 0 Å². The van der Waals surface area contributed by atoms with E-state index in [4.69, 9.17) is 22.3 Å². The van der Waals surface area contributed by atoms with Crippen LogP contribution in [-0.4, -0.2) is 82.3 Å². The number of hydrogen-bond acceptors (Lipinski definition) is 8. The molecule has 2 fully saturated rings. The van der Waals surface area contributed by atoms with Gasteiger partial charge < -0.3 is 10.3 Å². The van der Waals surface area contributed by atoms with Crippen molar-refractivity contribution in [3.8, 4) is 11.4 Å². The quantitative estimate of drug-likeness (QED) is 0.492. The Balaban J connectivity index is 1.32. The number of aromatic nitrogens is 3. The van der Waals surface area contributed by atoms with Crippen molar-refractivity contribution < 1.29 is 13.2 Å². The summed E-state index contributed by atoms with van der Waals surface area (Å²) in [6, 6.07) is 5.86. The van der Waals surface area contributed by atoms with Crippen molar-refractivity contribution in [2.45, 2.75) is 25.9 Å². The van der Waals surface area contributed by atoms with Crippen molar-refractivity contribution in [3.63, 3.8) is 0 Å². The number of piperazine rings is 1. The van der Waals surface area contributed by atoms with Gasteiger partial charge in [-0.15, -0.1) is 0 Å². The van der Waals surface area contributed by atoms with Gasteiger partial charge in [-0.2, -0.15) is 4.37 Å². The lowest BCUT2D eigenvalue weighted by Gasteiger charge is -2.33. The molecule has 2 aliphatic heterocycles. The van der Waals surface area contributed by atoms with Gasteiger partial charge in [-0.25, -0.2) is 13.4 Å². The largest absolute Gasteiger partial charge is 0.369 e. The topological polar surface area (TPSA) is 114 Å². The van der Waals surface area contributed by atoms with Crippen molar-refractivity contribution in [3.05, 3.63) is 34.4 Å². The molecule has 2 N–H and O–H groups in total. The van der Waals surface area contributed by atoms with Crippen LogP contribution in [0.25, 0.3) is 22.3 Å². The first-order chi connectivity index (χ1) is 16.8.